The minimum absolute atomic E-state index is 0.206. The molecule has 1 aliphatic heterocycles. The summed E-state index contributed by atoms with van der Waals surface area (Å²) in [4.78, 5) is 14.5. The van der Waals surface area contributed by atoms with Gasteiger partial charge in [0.2, 0.25) is 0 Å². The van der Waals surface area contributed by atoms with E-state index in [4.69, 9.17) is 0 Å². The van der Waals surface area contributed by atoms with Gasteiger partial charge in [-0.1, -0.05) is 127 Å². The predicted molar refractivity (Wildman–Crippen MR) is 181 cm³/mol. The van der Waals surface area contributed by atoms with Gasteiger partial charge in [-0.3, -0.25) is 0 Å². The van der Waals surface area contributed by atoms with Gasteiger partial charge in [0.15, 0.2) is 0 Å². The van der Waals surface area contributed by atoms with E-state index in [9.17, 15) is 4.79 Å². The lowest BCUT2D eigenvalue weighted by Gasteiger charge is -2.40. The highest BCUT2D eigenvalue weighted by Gasteiger charge is 2.54. The number of rotatable bonds is 4. The number of hydrogen-bond donors (Lipinski definition) is 0. The van der Waals surface area contributed by atoms with Crippen LogP contribution in [0.5, 0.6) is 0 Å². The second kappa shape index (κ2) is 10.4. The molecule has 0 radical (unpaired) electrons. The number of benzene rings is 5. The van der Waals surface area contributed by atoms with Crippen LogP contribution in [0.2, 0.25) is 0 Å². The largest absolute Gasteiger partial charge is 0.302 e. The molecule has 222 valence electrons. The molecule has 0 saturated carbocycles. The summed E-state index contributed by atoms with van der Waals surface area (Å²) >= 11 is 0. The number of carbonyl (C=O) groups is 1. The van der Waals surface area contributed by atoms with Crippen LogP contribution in [-0.2, 0) is 15.6 Å². The van der Waals surface area contributed by atoms with Crippen molar-refractivity contribution in [2.75, 3.05) is 19.6 Å². The van der Waals surface area contributed by atoms with Crippen LogP contribution in [0, 0.1) is 0 Å². The van der Waals surface area contributed by atoms with Gasteiger partial charge >= 0.3 is 0 Å². The summed E-state index contributed by atoms with van der Waals surface area (Å²) in [7, 11) is 0. The van der Waals surface area contributed by atoms with Crippen LogP contribution >= 0.6 is 0 Å². The Hall–Kier alpha value is -4.27. The van der Waals surface area contributed by atoms with Crippen molar-refractivity contribution < 1.29 is 4.79 Å². The summed E-state index contributed by atoms with van der Waals surface area (Å²) in [5.41, 5.74) is 12.9. The molecule has 2 nitrogen and oxygen atoms in total. The van der Waals surface area contributed by atoms with Crippen molar-refractivity contribution in [3.05, 3.63) is 177 Å². The normalized spacial score (nSPS) is 26.8. The van der Waals surface area contributed by atoms with E-state index in [1.807, 2.05) is 12.1 Å². The molecule has 0 N–H and O–H groups in total. The van der Waals surface area contributed by atoms with Gasteiger partial charge in [0.05, 0.1) is 5.41 Å². The summed E-state index contributed by atoms with van der Waals surface area (Å²) in [5.74, 6) is 1.76. The fraction of sp³-hybridized carbons (Fsp3) is 0.279. The van der Waals surface area contributed by atoms with Gasteiger partial charge in [-0.25, -0.2) is 0 Å². The maximum absolute atomic E-state index is 11.7. The van der Waals surface area contributed by atoms with Crippen molar-refractivity contribution in [3.63, 3.8) is 0 Å². The zero-order valence-corrected chi connectivity index (χ0v) is 25.7. The SMILES string of the molecule is O=CC12CC(c3ccccc31)c1ccccc12.c1ccc(C2CCN(CC34CC(c5ccccc53)c3ccccc34)CC2)cc1. The number of fused-ring (bicyclic) bond motifs is 16. The molecule has 0 unspecified atom stereocenters. The highest BCUT2D eigenvalue weighted by atomic mass is 16.1. The van der Waals surface area contributed by atoms with E-state index in [1.165, 1.54) is 66.7 Å². The van der Waals surface area contributed by atoms with E-state index in [-0.39, 0.29) is 10.8 Å². The molecular weight excluding hydrogens is 546 g/mol. The molecule has 0 spiro atoms. The van der Waals surface area contributed by atoms with Crippen LogP contribution in [-0.4, -0.2) is 30.8 Å². The summed E-state index contributed by atoms with van der Waals surface area (Å²) in [5, 5.41) is 0. The topological polar surface area (TPSA) is 20.3 Å². The molecule has 5 aromatic rings. The van der Waals surface area contributed by atoms with Crippen LogP contribution in [0.3, 0.4) is 0 Å². The molecule has 0 aromatic heterocycles. The smallest absolute Gasteiger partial charge is 0.134 e. The Morgan fingerprint density at radius 2 is 1.00 bits per heavy atom. The van der Waals surface area contributed by atoms with Crippen molar-refractivity contribution >= 4 is 6.29 Å². The van der Waals surface area contributed by atoms with Crippen molar-refractivity contribution in [1.82, 2.24) is 4.90 Å². The Balaban J connectivity index is 0.000000141. The average Bonchev–Trinajstić information content (AvgIpc) is 3.84. The van der Waals surface area contributed by atoms with Crippen molar-refractivity contribution in [3.8, 4) is 0 Å². The van der Waals surface area contributed by atoms with E-state index >= 15 is 0 Å². The van der Waals surface area contributed by atoms with Gasteiger partial charge in [0, 0.05) is 23.8 Å². The molecule has 2 heteroatoms. The molecule has 1 heterocycles. The monoisotopic (exact) mass is 585 g/mol. The third kappa shape index (κ3) is 3.95. The molecule has 1 fully saturated rings. The molecule has 4 bridgehead atoms. The van der Waals surface area contributed by atoms with E-state index in [0.717, 1.165) is 18.6 Å². The van der Waals surface area contributed by atoms with Crippen LogP contribution in [0.15, 0.2) is 127 Å². The summed E-state index contributed by atoms with van der Waals surface area (Å²) in [6.45, 7) is 3.62. The number of hydrogen-bond acceptors (Lipinski definition) is 2. The zero-order chi connectivity index (χ0) is 30.0. The van der Waals surface area contributed by atoms with Crippen molar-refractivity contribution in [2.45, 2.75) is 54.3 Å². The maximum Gasteiger partial charge on any atom is 0.134 e. The Bertz CT molecular complexity index is 1800. The number of piperidine rings is 1. The Morgan fingerprint density at radius 1 is 0.556 bits per heavy atom. The predicted octanol–water partition coefficient (Wildman–Crippen LogP) is 8.72. The first kappa shape index (κ1) is 27.1. The summed E-state index contributed by atoms with van der Waals surface area (Å²) in [6, 6.07) is 46.4. The van der Waals surface area contributed by atoms with E-state index < -0.39 is 0 Å². The second-order valence-corrected chi connectivity index (χ2v) is 14.0. The van der Waals surface area contributed by atoms with Gasteiger partial charge in [-0.2, -0.15) is 0 Å². The Labute approximate surface area is 266 Å². The minimum atomic E-state index is -0.363. The Morgan fingerprint density at radius 3 is 1.53 bits per heavy atom. The molecule has 0 amide bonds. The molecule has 4 aliphatic carbocycles. The lowest BCUT2D eigenvalue weighted by atomic mass is 9.74. The number of likely N-dealkylation sites (tertiary alicyclic amines) is 1. The van der Waals surface area contributed by atoms with E-state index in [0.29, 0.717) is 11.8 Å². The molecule has 0 atom stereocenters. The first-order chi connectivity index (χ1) is 22.2. The number of carbonyl (C=O) groups excluding carboxylic acids is 1. The molecular formula is C43H39NO. The fourth-order valence-electron chi connectivity index (χ4n) is 10.0. The third-order valence-corrected chi connectivity index (χ3v) is 12.0. The molecule has 5 aromatic carbocycles. The van der Waals surface area contributed by atoms with Crippen LogP contribution in [0.25, 0.3) is 0 Å². The van der Waals surface area contributed by atoms with Gasteiger partial charge in [0.25, 0.3) is 0 Å². The van der Waals surface area contributed by atoms with Gasteiger partial charge in [-0.05, 0) is 94.8 Å². The molecule has 5 aliphatic rings. The van der Waals surface area contributed by atoms with Crippen LogP contribution in [0.4, 0.5) is 0 Å². The fourth-order valence-corrected chi connectivity index (χ4v) is 10.0. The number of nitrogens with zero attached hydrogens (tertiary/aromatic N) is 1. The second-order valence-electron chi connectivity index (χ2n) is 14.0. The first-order valence-electron chi connectivity index (χ1n) is 16.8. The van der Waals surface area contributed by atoms with E-state index in [2.05, 4.69) is 120 Å². The summed E-state index contributed by atoms with van der Waals surface area (Å²) in [6.07, 6.45) is 5.91. The summed E-state index contributed by atoms with van der Waals surface area (Å²) < 4.78 is 0. The van der Waals surface area contributed by atoms with Gasteiger partial charge in [-0.15, -0.1) is 0 Å². The minimum Gasteiger partial charge on any atom is -0.302 e. The quantitative estimate of drug-likeness (QED) is 0.197. The Kier molecular flexibility index (Phi) is 6.25. The molecule has 1 saturated heterocycles. The van der Waals surface area contributed by atoms with Crippen LogP contribution < -0.4 is 0 Å². The van der Waals surface area contributed by atoms with Gasteiger partial charge < -0.3 is 9.69 Å². The first-order valence-corrected chi connectivity index (χ1v) is 16.8. The van der Waals surface area contributed by atoms with Crippen molar-refractivity contribution in [1.29, 1.82) is 0 Å². The lowest BCUT2D eigenvalue weighted by Crippen LogP contribution is -2.43. The van der Waals surface area contributed by atoms with E-state index in [1.54, 1.807) is 22.3 Å². The average molecular weight is 586 g/mol. The highest BCUT2D eigenvalue weighted by molar-refractivity contribution is 5.83. The zero-order valence-electron chi connectivity index (χ0n) is 25.7. The molecule has 45 heavy (non-hydrogen) atoms. The standard InChI is InChI=1S/C27H27N.C16H12O/c1-2-8-20(9-3-1)21-14-16-28(17-15-21)19-27-18-24(22-10-4-6-12-25(22)27)23-11-5-7-13-26(23)27;17-10-16-9-13(11-5-1-3-7-14(11)16)12-6-2-4-8-15(12)16/h1-13,21,24H,14-19H2;1-8,10,13H,9H2. The number of aldehydes is 1. The highest BCUT2D eigenvalue weighted by Crippen LogP contribution is 2.61. The lowest BCUT2D eigenvalue weighted by molar-refractivity contribution is -0.111. The molecule has 10 rings (SSSR count). The third-order valence-electron chi connectivity index (χ3n) is 12.0. The maximum atomic E-state index is 11.7. The van der Waals surface area contributed by atoms with Crippen molar-refractivity contribution in [2.24, 2.45) is 0 Å². The van der Waals surface area contributed by atoms with Crippen LogP contribution in [0.1, 0.15) is 93.5 Å². The van der Waals surface area contributed by atoms with Gasteiger partial charge in [0.1, 0.15) is 6.29 Å².